The maximum atomic E-state index is 12.9. The molecule has 2 N–H and O–H groups in total. The van der Waals surface area contributed by atoms with Crippen LogP contribution in [-0.2, 0) is 17.6 Å². The fourth-order valence-electron chi connectivity index (χ4n) is 3.90. The molecule has 0 bridgehead atoms. The first-order chi connectivity index (χ1) is 14.8. The number of aryl methyl sites for hydroxylation is 1. The number of carbonyl (C=O) groups is 2. The normalized spacial score (nSPS) is 20.8. The number of carbonyl (C=O) groups excluding carboxylic acids is 1. The Hall–Kier alpha value is -2.60. The van der Waals surface area contributed by atoms with E-state index in [1.54, 1.807) is 6.07 Å². The number of ether oxygens (including phenoxy) is 1. The summed E-state index contributed by atoms with van der Waals surface area (Å²) in [5.74, 6) is -0.413. The molecule has 0 radical (unpaired) electrons. The zero-order valence-corrected chi connectivity index (χ0v) is 18.7. The molecule has 1 aromatic heterocycles. The molecule has 1 aliphatic rings. The zero-order valence-electron chi connectivity index (χ0n) is 18.0. The molecule has 6 nitrogen and oxygen atoms in total. The number of carboxylic acids is 1. The molecule has 1 amide bonds. The third-order valence-corrected chi connectivity index (χ3v) is 6.19. The van der Waals surface area contributed by atoms with Crippen molar-refractivity contribution in [3.63, 3.8) is 0 Å². The Morgan fingerprint density at radius 1 is 1.29 bits per heavy atom. The molecule has 1 aliphatic carbocycles. The van der Waals surface area contributed by atoms with Gasteiger partial charge in [0.1, 0.15) is 11.3 Å². The zero-order chi connectivity index (χ0) is 22.4. The largest absolute Gasteiger partial charge is 0.491 e. The summed E-state index contributed by atoms with van der Waals surface area (Å²) in [5.41, 5.74) is 0.888. The molecule has 0 aliphatic heterocycles. The van der Waals surface area contributed by atoms with Gasteiger partial charge in [0.15, 0.2) is 0 Å². The highest BCUT2D eigenvalue weighted by Crippen LogP contribution is 2.32. The molecule has 0 atom stereocenters. The first-order valence-corrected chi connectivity index (χ1v) is 11.1. The lowest BCUT2D eigenvalue weighted by Gasteiger charge is -2.36. The first kappa shape index (κ1) is 23.1. The molecule has 1 heterocycles. The number of nitrogens with one attached hydrogen (secondary N) is 1. The van der Waals surface area contributed by atoms with Gasteiger partial charge < -0.3 is 15.2 Å². The van der Waals surface area contributed by atoms with Crippen LogP contribution in [0.1, 0.15) is 61.1 Å². The second kappa shape index (κ2) is 10.1. The highest BCUT2D eigenvalue weighted by atomic mass is 35.5. The minimum atomic E-state index is -1.22. The molecule has 31 heavy (non-hydrogen) atoms. The smallest absolute Gasteiger partial charge is 0.329 e. The second-order valence-electron chi connectivity index (χ2n) is 8.27. The van der Waals surface area contributed by atoms with Crippen LogP contribution in [0.3, 0.4) is 0 Å². The van der Waals surface area contributed by atoms with E-state index in [2.05, 4.69) is 17.2 Å². The number of hydrogen-bond donors (Lipinski definition) is 2. The van der Waals surface area contributed by atoms with E-state index in [0.717, 1.165) is 24.1 Å². The minimum Gasteiger partial charge on any atom is -0.491 e. The first-order valence-electron chi connectivity index (χ1n) is 10.7. The number of aliphatic carboxylic acids is 1. The summed E-state index contributed by atoms with van der Waals surface area (Å²) in [6, 6.07) is 9.24. The standard InChI is InChI=1S/C24H29ClN2O4/c1-3-20-21(31-12-9-17-5-4-6-19(25)13-17)14-18(15-26-20)22(28)27-24(23(29)30)10-7-16(2)8-11-24/h4-6,13-16H,3,7-12H2,1-2H3,(H,27,28)(H,29,30). The van der Waals surface area contributed by atoms with Gasteiger partial charge in [0.2, 0.25) is 0 Å². The van der Waals surface area contributed by atoms with E-state index in [9.17, 15) is 14.7 Å². The van der Waals surface area contributed by atoms with Gasteiger partial charge in [-0.15, -0.1) is 0 Å². The van der Waals surface area contributed by atoms with Crippen molar-refractivity contribution in [2.45, 2.75) is 57.9 Å². The van der Waals surface area contributed by atoms with Gasteiger partial charge in [0.05, 0.1) is 17.9 Å². The highest BCUT2D eigenvalue weighted by molar-refractivity contribution is 6.30. The van der Waals surface area contributed by atoms with Crippen LogP contribution in [0.2, 0.25) is 5.02 Å². The van der Waals surface area contributed by atoms with Crippen molar-refractivity contribution in [1.82, 2.24) is 10.3 Å². The second-order valence-corrected chi connectivity index (χ2v) is 8.71. The molecule has 0 saturated heterocycles. The van der Waals surface area contributed by atoms with Crippen LogP contribution in [0, 0.1) is 5.92 Å². The lowest BCUT2D eigenvalue weighted by atomic mass is 9.77. The van der Waals surface area contributed by atoms with Crippen molar-refractivity contribution < 1.29 is 19.4 Å². The predicted octanol–water partition coefficient (Wildman–Crippen LogP) is 4.68. The van der Waals surface area contributed by atoms with E-state index in [-0.39, 0.29) is 0 Å². The van der Waals surface area contributed by atoms with Gasteiger partial charge in [-0.3, -0.25) is 9.78 Å². The summed E-state index contributed by atoms with van der Waals surface area (Å²) in [6.45, 7) is 4.49. The van der Waals surface area contributed by atoms with Crippen LogP contribution in [0.25, 0.3) is 0 Å². The average molecular weight is 445 g/mol. The lowest BCUT2D eigenvalue weighted by Crippen LogP contribution is -2.56. The Kier molecular flexibility index (Phi) is 7.55. The molecular weight excluding hydrogens is 416 g/mol. The Morgan fingerprint density at radius 2 is 2.03 bits per heavy atom. The van der Waals surface area contributed by atoms with Crippen LogP contribution in [0.15, 0.2) is 36.5 Å². The van der Waals surface area contributed by atoms with Gasteiger partial charge in [-0.2, -0.15) is 0 Å². The molecule has 1 saturated carbocycles. The van der Waals surface area contributed by atoms with E-state index < -0.39 is 17.4 Å². The minimum absolute atomic E-state index is 0.300. The van der Waals surface area contributed by atoms with Gasteiger partial charge in [0, 0.05) is 17.6 Å². The molecule has 166 valence electrons. The fourth-order valence-corrected chi connectivity index (χ4v) is 4.11. The maximum Gasteiger partial charge on any atom is 0.329 e. The number of benzene rings is 1. The van der Waals surface area contributed by atoms with Crippen LogP contribution in [0.5, 0.6) is 5.75 Å². The van der Waals surface area contributed by atoms with E-state index in [1.165, 1.54) is 6.20 Å². The SMILES string of the molecule is CCc1ncc(C(=O)NC2(C(=O)O)CCC(C)CC2)cc1OCCc1cccc(Cl)c1. The molecule has 1 fully saturated rings. The molecular formula is C24H29ClN2O4. The van der Waals surface area contributed by atoms with Crippen LogP contribution < -0.4 is 10.1 Å². The fraction of sp³-hybridized carbons (Fsp3) is 0.458. The number of halogens is 1. The highest BCUT2D eigenvalue weighted by Gasteiger charge is 2.42. The van der Waals surface area contributed by atoms with Crippen LogP contribution >= 0.6 is 11.6 Å². The van der Waals surface area contributed by atoms with Crippen molar-refractivity contribution >= 4 is 23.5 Å². The van der Waals surface area contributed by atoms with E-state index in [4.69, 9.17) is 16.3 Å². The van der Waals surface area contributed by atoms with E-state index >= 15 is 0 Å². The maximum absolute atomic E-state index is 12.9. The van der Waals surface area contributed by atoms with Gasteiger partial charge in [0.25, 0.3) is 5.91 Å². The quantitative estimate of drug-likeness (QED) is 0.617. The number of aromatic nitrogens is 1. The summed E-state index contributed by atoms with van der Waals surface area (Å²) in [5, 5.41) is 13.2. The van der Waals surface area contributed by atoms with E-state index in [1.807, 2.05) is 31.2 Å². The Bertz CT molecular complexity index is 939. The predicted molar refractivity (Wildman–Crippen MR) is 120 cm³/mol. The monoisotopic (exact) mass is 444 g/mol. The number of pyridine rings is 1. The van der Waals surface area contributed by atoms with Crippen LogP contribution in [0.4, 0.5) is 0 Å². The van der Waals surface area contributed by atoms with Gasteiger partial charge >= 0.3 is 5.97 Å². The number of rotatable bonds is 8. The Labute approximate surface area is 188 Å². The summed E-state index contributed by atoms with van der Waals surface area (Å²) < 4.78 is 5.94. The van der Waals surface area contributed by atoms with Crippen molar-refractivity contribution in [3.05, 3.63) is 58.4 Å². The van der Waals surface area contributed by atoms with Crippen molar-refractivity contribution in [2.75, 3.05) is 6.61 Å². The third kappa shape index (κ3) is 5.76. The van der Waals surface area contributed by atoms with Crippen LogP contribution in [-0.4, -0.2) is 34.1 Å². The van der Waals surface area contributed by atoms with Gasteiger partial charge in [-0.05, 0) is 61.8 Å². The molecule has 1 aromatic carbocycles. The van der Waals surface area contributed by atoms with E-state index in [0.29, 0.717) is 54.5 Å². The molecule has 3 rings (SSSR count). The van der Waals surface area contributed by atoms with Crippen molar-refractivity contribution in [3.8, 4) is 5.75 Å². The molecule has 0 unspecified atom stereocenters. The van der Waals surface area contributed by atoms with Crippen molar-refractivity contribution in [1.29, 1.82) is 0 Å². The number of amides is 1. The number of carboxylic acid groups (broad SMARTS) is 1. The summed E-state index contributed by atoms with van der Waals surface area (Å²) in [7, 11) is 0. The third-order valence-electron chi connectivity index (χ3n) is 5.95. The van der Waals surface area contributed by atoms with Crippen molar-refractivity contribution in [2.24, 2.45) is 5.92 Å². The molecule has 2 aromatic rings. The molecule has 7 heteroatoms. The number of nitrogens with zero attached hydrogens (tertiary/aromatic N) is 1. The topological polar surface area (TPSA) is 88.5 Å². The Balaban J connectivity index is 1.71. The lowest BCUT2D eigenvalue weighted by molar-refractivity contribution is -0.146. The average Bonchev–Trinajstić information content (AvgIpc) is 2.75. The number of hydrogen-bond acceptors (Lipinski definition) is 4. The summed E-state index contributed by atoms with van der Waals surface area (Å²) in [6.07, 6.45) is 5.22. The Morgan fingerprint density at radius 3 is 2.68 bits per heavy atom. The molecule has 0 spiro atoms. The summed E-state index contributed by atoms with van der Waals surface area (Å²) >= 11 is 6.03. The van der Waals surface area contributed by atoms with Gasteiger partial charge in [-0.25, -0.2) is 4.79 Å². The summed E-state index contributed by atoms with van der Waals surface area (Å²) in [4.78, 5) is 29.2. The van der Waals surface area contributed by atoms with Gasteiger partial charge in [-0.1, -0.05) is 37.6 Å².